The van der Waals surface area contributed by atoms with Gasteiger partial charge in [-0.3, -0.25) is 9.59 Å². The van der Waals surface area contributed by atoms with Gasteiger partial charge in [0.2, 0.25) is 0 Å². The third-order valence-corrected chi connectivity index (χ3v) is 6.52. The van der Waals surface area contributed by atoms with Crippen molar-refractivity contribution in [2.45, 2.75) is 57.5 Å². The van der Waals surface area contributed by atoms with Gasteiger partial charge in [0.05, 0.1) is 18.7 Å². The van der Waals surface area contributed by atoms with E-state index in [-0.39, 0.29) is 17.4 Å². The number of nitrogens with zero attached hydrogens (tertiary/aromatic N) is 1. The summed E-state index contributed by atoms with van der Waals surface area (Å²) < 4.78 is 5.19. The van der Waals surface area contributed by atoms with Gasteiger partial charge in [-0.25, -0.2) is 0 Å². The smallest absolute Gasteiger partial charge is 0.295 e. The molecule has 1 heterocycles. The van der Waals surface area contributed by atoms with E-state index < -0.39 is 17.7 Å². The highest BCUT2D eigenvalue weighted by Crippen LogP contribution is 2.43. The van der Waals surface area contributed by atoms with Crippen LogP contribution in [0.3, 0.4) is 0 Å². The van der Waals surface area contributed by atoms with Crippen molar-refractivity contribution < 1.29 is 19.4 Å². The maximum absolute atomic E-state index is 13.2. The number of hydrogen-bond acceptors (Lipinski definition) is 4. The van der Waals surface area contributed by atoms with Crippen molar-refractivity contribution in [2.75, 3.05) is 7.11 Å². The molecule has 1 amide bonds. The van der Waals surface area contributed by atoms with Crippen LogP contribution in [0.4, 0.5) is 0 Å². The molecule has 0 spiro atoms. The number of benzene rings is 2. The zero-order chi connectivity index (χ0) is 22.0. The second kappa shape index (κ2) is 8.96. The lowest BCUT2D eigenvalue weighted by Gasteiger charge is -2.35. The fourth-order valence-corrected chi connectivity index (χ4v) is 4.75. The molecule has 2 aliphatic rings. The molecule has 162 valence electrons. The average Bonchev–Trinajstić information content (AvgIpc) is 3.09. The SMILES string of the molecule is CCc1ccc(C2/C(=C(/O)c3ccc(OC)cc3)C(=O)C(=O)N2C2CCCCC2)cc1. The lowest BCUT2D eigenvalue weighted by Crippen LogP contribution is -2.40. The third kappa shape index (κ3) is 3.97. The molecule has 1 atom stereocenters. The van der Waals surface area contributed by atoms with Crippen LogP contribution in [0.5, 0.6) is 5.75 Å². The number of rotatable bonds is 5. The second-order valence-electron chi connectivity index (χ2n) is 8.32. The molecule has 31 heavy (non-hydrogen) atoms. The van der Waals surface area contributed by atoms with E-state index in [4.69, 9.17) is 4.74 Å². The number of likely N-dealkylation sites (tertiary alicyclic amines) is 1. The van der Waals surface area contributed by atoms with Crippen LogP contribution >= 0.6 is 0 Å². The Morgan fingerprint density at radius 2 is 1.65 bits per heavy atom. The minimum absolute atomic E-state index is 0.0159. The molecule has 1 unspecified atom stereocenters. The summed E-state index contributed by atoms with van der Waals surface area (Å²) in [5, 5.41) is 11.2. The van der Waals surface area contributed by atoms with Crippen LogP contribution in [0, 0.1) is 0 Å². The van der Waals surface area contributed by atoms with Crippen LogP contribution in [0.1, 0.15) is 61.8 Å². The maximum Gasteiger partial charge on any atom is 0.295 e. The van der Waals surface area contributed by atoms with E-state index in [1.807, 2.05) is 24.3 Å². The molecule has 1 aliphatic heterocycles. The lowest BCUT2D eigenvalue weighted by atomic mass is 9.90. The first-order valence-electron chi connectivity index (χ1n) is 11.1. The summed E-state index contributed by atoms with van der Waals surface area (Å²) in [6, 6.07) is 14.3. The van der Waals surface area contributed by atoms with Gasteiger partial charge in [0.1, 0.15) is 11.5 Å². The third-order valence-electron chi connectivity index (χ3n) is 6.52. The molecule has 0 bridgehead atoms. The highest BCUT2D eigenvalue weighted by molar-refractivity contribution is 6.46. The van der Waals surface area contributed by atoms with Gasteiger partial charge in [-0.15, -0.1) is 0 Å². The fourth-order valence-electron chi connectivity index (χ4n) is 4.75. The van der Waals surface area contributed by atoms with E-state index in [9.17, 15) is 14.7 Å². The molecular formula is C26H29NO4. The van der Waals surface area contributed by atoms with Crippen molar-refractivity contribution in [3.63, 3.8) is 0 Å². The summed E-state index contributed by atoms with van der Waals surface area (Å²) in [7, 11) is 1.57. The fraction of sp³-hybridized carbons (Fsp3) is 0.385. The zero-order valence-electron chi connectivity index (χ0n) is 18.1. The molecule has 1 saturated carbocycles. The van der Waals surface area contributed by atoms with E-state index >= 15 is 0 Å². The molecule has 5 heteroatoms. The Balaban J connectivity index is 1.83. The second-order valence-corrected chi connectivity index (χ2v) is 8.32. The topological polar surface area (TPSA) is 66.8 Å². The number of aliphatic hydroxyl groups excluding tert-OH is 1. The first-order valence-corrected chi connectivity index (χ1v) is 11.1. The van der Waals surface area contributed by atoms with E-state index in [1.54, 1.807) is 36.3 Å². The van der Waals surface area contributed by atoms with Crippen LogP contribution < -0.4 is 4.74 Å². The van der Waals surface area contributed by atoms with Crippen LogP contribution in [0.15, 0.2) is 54.1 Å². The largest absolute Gasteiger partial charge is 0.507 e. The number of ketones is 1. The van der Waals surface area contributed by atoms with Gasteiger partial charge in [-0.2, -0.15) is 0 Å². The predicted molar refractivity (Wildman–Crippen MR) is 120 cm³/mol. The Hall–Kier alpha value is -3.08. The van der Waals surface area contributed by atoms with Crippen molar-refractivity contribution in [2.24, 2.45) is 0 Å². The minimum Gasteiger partial charge on any atom is -0.507 e. The quantitative estimate of drug-likeness (QED) is 0.420. The Labute approximate surface area is 183 Å². The zero-order valence-corrected chi connectivity index (χ0v) is 18.1. The van der Waals surface area contributed by atoms with Gasteiger partial charge in [-0.05, 0) is 54.7 Å². The number of amides is 1. The van der Waals surface area contributed by atoms with E-state index in [2.05, 4.69) is 6.92 Å². The Morgan fingerprint density at radius 1 is 1.00 bits per heavy atom. The van der Waals surface area contributed by atoms with Crippen molar-refractivity contribution in [3.05, 3.63) is 70.8 Å². The molecule has 2 fully saturated rings. The number of ether oxygens (including phenoxy) is 1. The van der Waals surface area contributed by atoms with Gasteiger partial charge in [0, 0.05) is 11.6 Å². The highest BCUT2D eigenvalue weighted by atomic mass is 16.5. The summed E-state index contributed by atoms with van der Waals surface area (Å²) in [5.41, 5.74) is 2.72. The number of aliphatic hydroxyl groups is 1. The number of hydrogen-bond donors (Lipinski definition) is 1. The van der Waals surface area contributed by atoms with E-state index in [1.165, 1.54) is 5.56 Å². The average molecular weight is 420 g/mol. The first kappa shape index (κ1) is 21.2. The van der Waals surface area contributed by atoms with Crippen molar-refractivity contribution in [3.8, 4) is 5.75 Å². The van der Waals surface area contributed by atoms with E-state index in [0.717, 1.165) is 44.1 Å². The summed E-state index contributed by atoms with van der Waals surface area (Å²) in [4.78, 5) is 28.1. The molecule has 0 aromatic heterocycles. The Morgan fingerprint density at radius 3 is 2.23 bits per heavy atom. The van der Waals surface area contributed by atoms with E-state index in [0.29, 0.717) is 11.3 Å². The van der Waals surface area contributed by atoms with Gasteiger partial charge >= 0.3 is 0 Å². The number of carbonyl (C=O) groups is 2. The first-order chi connectivity index (χ1) is 15.0. The summed E-state index contributed by atoms with van der Waals surface area (Å²) >= 11 is 0. The summed E-state index contributed by atoms with van der Waals surface area (Å²) in [6.07, 6.45) is 5.94. The predicted octanol–water partition coefficient (Wildman–Crippen LogP) is 5.01. The molecule has 2 aromatic carbocycles. The molecule has 1 N–H and O–H groups in total. The Kier molecular flexibility index (Phi) is 6.12. The van der Waals surface area contributed by atoms with Crippen molar-refractivity contribution in [1.29, 1.82) is 0 Å². The van der Waals surface area contributed by atoms with Crippen LogP contribution in [0.25, 0.3) is 5.76 Å². The van der Waals surface area contributed by atoms with Gasteiger partial charge in [0.15, 0.2) is 0 Å². The van der Waals surface area contributed by atoms with Crippen LogP contribution in [-0.2, 0) is 16.0 Å². The van der Waals surface area contributed by atoms with Gasteiger partial charge in [-0.1, -0.05) is 50.5 Å². The van der Waals surface area contributed by atoms with Gasteiger partial charge in [0.25, 0.3) is 11.7 Å². The number of Topliss-reactive ketones (excluding diaryl/α,β-unsaturated/α-hetero) is 1. The highest BCUT2D eigenvalue weighted by Gasteiger charge is 2.48. The van der Waals surface area contributed by atoms with Crippen molar-refractivity contribution >= 4 is 17.4 Å². The van der Waals surface area contributed by atoms with Crippen LogP contribution in [0.2, 0.25) is 0 Å². The standard InChI is InChI=1S/C26H29NO4/c1-3-17-9-11-18(12-10-17)23-22(24(28)19-13-15-21(31-2)16-14-19)25(29)26(30)27(23)20-7-5-4-6-8-20/h9-16,20,23,28H,3-8H2,1-2H3/b24-22-. The Bertz CT molecular complexity index is 985. The minimum atomic E-state index is -0.608. The van der Waals surface area contributed by atoms with Gasteiger partial charge < -0.3 is 14.7 Å². The maximum atomic E-state index is 13.2. The normalized spacial score (nSPS) is 21.5. The van der Waals surface area contributed by atoms with Crippen molar-refractivity contribution in [1.82, 2.24) is 4.90 Å². The monoisotopic (exact) mass is 419 g/mol. The molecular weight excluding hydrogens is 390 g/mol. The van der Waals surface area contributed by atoms with Crippen LogP contribution in [-0.4, -0.2) is 34.8 Å². The molecule has 4 rings (SSSR count). The lowest BCUT2D eigenvalue weighted by molar-refractivity contribution is -0.141. The molecule has 1 saturated heterocycles. The number of aryl methyl sites for hydroxylation is 1. The number of methoxy groups -OCH3 is 1. The molecule has 1 aliphatic carbocycles. The molecule has 2 aromatic rings. The number of carbonyl (C=O) groups excluding carboxylic acids is 2. The summed E-state index contributed by atoms with van der Waals surface area (Å²) in [6.45, 7) is 2.09. The molecule has 5 nitrogen and oxygen atoms in total. The summed E-state index contributed by atoms with van der Waals surface area (Å²) in [5.74, 6) is -0.593. The molecule has 0 radical (unpaired) electrons.